The van der Waals surface area contributed by atoms with E-state index in [0.29, 0.717) is 45.2 Å². The standard InChI is InChI=1S/C16H19N5O3/c22-15(11-3-7-23-10-11)21-6-2-14-12(9-21)13(20-24-14)8-19-16-17-4-1-5-18-16/h1,4-5,11H,2-3,6-10H2,(H,17,18,19). The maximum Gasteiger partial charge on any atom is 0.228 e. The SMILES string of the molecule is O=C(C1CCOC1)N1CCc2onc(CNc3ncccn3)c2C1. The lowest BCUT2D eigenvalue weighted by Crippen LogP contribution is -2.40. The van der Waals surface area contributed by atoms with Crippen molar-refractivity contribution >= 4 is 11.9 Å². The largest absolute Gasteiger partial charge is 0.381 e. The summed E-state index contributed by atoms with van der Waals surface area (Å²) in [7, 11) is 0. The number of nitrogens with one attached hydrogen (secondary N) is 1. The molecule has 1 N–H and O–H groups in total. The Labute approximate surface area is 139 Å². The normalized spacial score (nSPS) is 20.0. The Morgan fingerprint density at radius 3 is 3.04 bits per heavy atom. The maximum atomic E-state index is 12.6. The highest BCUT2D eigenvalue weighted by molar-refractivity contribution is 5.79. The number of amides is 1. The first-order valence-electron chi connectivity index (χ1n) is 8.15. The summed E-state index contributed by atoms with van der Waals surface area (Å²) in [5.74, 6) is 1.57. The molecule has 0 saturated carbocycles. The average Bonchev–Trinajstić information content (AvgIpc) is 3.30. The van der Waals surface area contributed by atoms with Gasteiger partial charge in [0.1, 0.15) is 11.5 Å². The fourth-order valence-corrected chi connectivity index (χ4v) is 3.13. The van der Waals surface area contributed by atoms with E-state index >= 15 is 0 Å². The van der Waals surface area contributed by atoms with E-state index in [1.54, 1.807) is 18.5 Å². The van der Waals surface area contributed by atoms with Crippen LogP contribution in [-0.4, -0.2) is 45.7 Å². The van der Waals surface area contributed by atoms with Gasteiger partial charge in [-0.15, -0.1) is 0 Å². The number of hydrogen-bond acceptors (Lipinski definition) is 7. The zero-order valence-corrected chi connectivity index (χ0v) is 13.3. The first kappa shape index (κ1) is 15.1. The molecule has 1 fully saturated rings. The van der Waals surface area contributed by atoms with Crippen molar-refractivity contribution in [3.63, 3.8) is 0 Å². The van der Waals surface area contributed by atoms with Gasteiger partial charge in [-0.2, -0.15) is 0 Å². The topological polar surface area (TPSA) is 93.4 Å². The zero-order chi connectivity index (χ0) is 16.4. The van der Waals surface area contributed by atoms with Crippen LogP contribution in [0.25, 0.3) is 0 Å². The van der Waals surface area contributed by atoms with E-state index < -0.39 is 0 Å². The Morgan fingerprint density at radius 2 is 2.25 bits per heavy atom. The van der Waals surface area contributed by atoms with Crippen LogP contribution in [0.15, 0.2) is 23.0 Å². The second kappa shape index (κ2) is 6.56. The minimum atomic E-state index is -0.00861. The van der Waals surface area contributed by atoms with Crippen molar-refractivity contribution in [1.29, 1.82) is 0 Å². The van der Waals surface area contributed by atoms with Crippen molar-refractivity contribution in [1.82, 2.24) is 20.0 Å². The molecule has 0 radical (unpaired) electrons. The Kier molecular flexibility index (Phi) is 4.12. The van der Waals surface area contributed by atoms with Gasteiger partial charge >= 0.3 is 0 Å². The van der Waals surface area contributed by atoms with Gasteiger partial charge in [-0.25, -0.2) is 9.97 Å². The van der Waals surface area contributed by atoms with Crippen LogP contribution in [0.4, 0.5) is 5.95 Å². The lowest BCUT2D eigenvalue weighted by atomic mass is 10.0. The van der Waals surface area contributed by atoms with Crippen LogP contribution in [0, 0.1) is 5.92 Å². The fourth-order valence-electron chi connectivity index (χ4n) is 3.13. The van der Waals surface area contributed by atoms with Crippen LogP contribution in [0.3, 0.4) is 0 Å². The van der Waals surface area contributed by atoms with Crippen molar-refractivity contribution in [2.75, 3.05) is 25.1 Å². The number of rotatable bonds is 4. The third-order valence-electron chi connectivity index (χ3n) is 4.48. The molecule has 0 bridgehead atoms. The van der Waals surface area contributed by atoms with Crippen LogP contribution < -0.4 is 5.32 Å². The number of carbonyl (C=O) groups excluding carboxylic acids is 1. The summed E-state index contributed by atoms with van der Waals surface area (Å²) >= 11 is 0. The molecule has 24 heavy (non-hydrogen) atoms. The highest BCUT2D eigenvalue weighted by Gasteiger charge is 2.32. The molecule has 2 aromatic rings. The van der Waals surface area contributed by atoms with E-state index in [1.165, 1.54) is 0 Å². The number of aromatic nitrogens is 3. The van der Waals surface area contributed by atoms with Crippen LogP contribution in [0.5, 0.6) is 0 Å². The highest BCUT2D eigenvalue weighted by atomic mass is 16.5. The van der Waals surface area contributed by atoms with Crippen LogP contribution in [0.1, 0.15) is 23.4 Å². The van der Waals surface area contributed by atoms with Gasteiger partial charge in [-0.1, -0.05) is 5.16 Å². The molecule has 4 heterocycles. The van der Waals surface area contributed by atoms with Gasteiger partial charge in [-0.05, 0) is 12.5 Å². The number of nitrogens with zero attached hydrogens (tertiary/aromatic N) is 4. The fraction of sp³-hybridized carbons (Fsp3) is 0.500. The minimum Gasteiger partial charge on any atom is -0.381 e. The van der Waals surface area contributed by atoms with Crippen LogP contribution in [0.2, 0.25) is 0 Å². The summed E-state index contributed by atoms with van der Waals surface area (Å²) in [5, 5.41) is 7.28. The van der Waals surface area contributed by atoms with E-state index in [-0.39, 0.29) is 11.8 Å². The summed E-state index contributed by atoms with van der Waals surface area (Å²) in [5.41, 5.74) is 1.80. The average molecular weight is 329 g/mol. The molecular formula is C16H19N5O3. The summed E-state index contributed by atoms with van der Waals surface area (Å²) in [6.45, 7) is 2.89. The van der Waals surface area contributed by atoms with E-state index in [9.17, 15) is 4.79 Å². The molecule has 4 rings (SSSR count). The summed E-state index contributed by atoms with van der Waals surface area (Å²) in [6.07, 6.45) is 4.87. The second-order valence-electron chi connectivity index (χ2n) is 6.03. The lowest BCUT2D eigenvalue weighted by molar-refractivity contribution is -0.136. The Morgan fingerprint density at radius 1 is 1.38 bits per heavy atom. The molecule has 0 aliphatic carbocycles. The minimum absolute atomic E-state index is 0.00861. The molecule has 1 unspecified atom stereocenters. The number of anilines is 1. The second-order valence-corrected chi connectivity index (χ2v) is 6.03. The van der Waals surface area contributed by atoms with Crippen molar-refractivity contribution in [2.24, 2.45) is 5.92 Å². The van der Waals surface area contributed by atoms with Gasteiger partial charge in [0, 0.05) is 37.5 Å². The molecular weight excluding hydrogens is 310 g/mol. The predicted octanol–water partition coefficient (Wildman–Crippen LogP) is 0.998. The monoisotopic (exact) mass is 329 g/mol. The van der Waals surface area contributed by atoms with Crippen molar-refractivity contribution < 1.29 is 14.1 Å². The molecule has 2 aromatic heterocycles. The third-order valence-corrected chi connectivity index (χ3v) is 4.48. The number of fused-ring (bicyclic) bond motifs is 1. The first-order valence-corrected chi connectivity index (χ1v) is 8.15. The third kappa shape index (κ3) is 2.96. The predicted molar refractivity (Wildman–Crippen MR) is 83.9 cm³/mol. The smallest absolute Gasteiger partial charge is 0.228 e. The maximum absolute atomic E-state index is 12.6. The molecule has 1 amide bonds. The molecule has 1 atom stereocenters. The van der Waals surface area contributed by atoms with Crippen molar-refractivity contribution in [3.05, 3.63) is 35.5 Å². The Bertz CT molecular complexity index is 712. The van der Waals surface area contributed by atoms with E-state index in [4.69, 9.17) is 9.26 Å². The van der Waals surface area contributed by atoms with E-state index in [0.717, 1.165) is 23.4 Å². The molecule has 126 valence electrons. The van der Waals surface area contributed by atoms with Crippen molar-refractivity contribution in [2.45, 2.75) is 25.9 Å². The Balaban J connectivity index is 1.44. The van der Waals surface area contributed by atoms with Gasteiger partial charge in [0.05, 0.1) is 25.6 Å². The number of ether oxygens (including phenoxy) is 1. The quantitative estimate of drug-likeness (QED) is 0.894. The summed E-state index contributed by atoms with van der Waals surface area (Å²) in [6, 6.07) is 1.76. The molecule has 8 nitrogen and oxygen atoms in total. The van der Waals surface area contributed by atoms with Gasteiger partial charge < -0.3 is 19.5 Å². The van der Waals surface area contributed by atoms with Gasteiger partial charge in [0.2, 0.25) is 11.9 Å². The van der Waals surface area contributed by atoms with Gasteiger partial charge in [0.25, 0.3) is 0 Å². The van der Waals surface area contributed by atoms with Crippen LogP contribution >= 0.6 is 0 Å². The van der Waals surface area contributed by atoms with Crippen LogP contribution in [-0.2, 0) is 29.0 Å². The molecule has 2 aliphatic heterocycles. The molecule has 8 heteroatoms. The first-order chi connectivity index (χ1) is 11.8. The zero-order valence-electron chi connectivity index (χ0n) is 13.3. The molecule has 0 aromatic carbocycles. The van der Waals surface area contributed by atoms with Crippen molar-refractivity contribution in [3.8, 4) is 0 Å². The van der Waals surface area contributed by atoms with Gasteiger partial charge in [-0.3, -0.25) is 4.79 Å². The number of hydrogen-bond donors (Lipinski definition) is 1. The highest BCUT2D eigenvalue weighted by Crippen LogP contribution is 2.25. The Hall–Kier alpha value is -2.48. The molecule has 0 spiro atoms. The van der Waals surface area contributed by atoms with Gasteiger partial charge in [0.15, 0.2) is 0 Å². The number of carbonyl (C=O) groups is 1. The van der Waals surface area contributed by atoms with E-state index in [1.807, 2.05) is 4.90 Å². The lowest BCUT2D eigenvalue weighted by Gasteiger charge is -2.28. The summed E-state index contributed by atoms with van der Waals surface area (Å²) in [4.78, 5) is 22.7. The van der Waals surface area contributed by atoms with E-state index in [2.05, 4.69) is 20.4 Å². The summed E-state index contributed by atoms with van der Waals surface area (Å²) < 4.78 is 10.8. The molecule has 1 saturated heterocycles. The molecule has 2 aliphatic rings.